The van der Waals surface area contributed by atoms with Crippen LogP contribution in [-0.2, 0) is 5.41 Å². The first-order chi connectivity index (χ1) is 6.86. The quantitative estimate of drug-likeness (QED) is 0.362. The molecule has 0 aliphatic heterocycles. The van der Waals surface area contributed by atoms with Gasteiger partial charge in [-0.25, -0.2) is 0 Å². The fourth-order valence-corrected chi connectivity index (χ4v) is 1.86. The fraction of sp³-hybridized carbons (Fsp3) is 0.364. The molecule has 0 saturated heterocycles. The number of hydrogen-bond donors (Lipinski definition) is 2. The van der Waals surface area contributed by atoms with E-state index in [1.807, 2.05) is 12.1 Å². The summed E-state index contributed by atoms with van der Waals surface area (Å²) in [6.45, 7) is 6.28. The van der Waals surface area contributed by atoms with Crippen molar-refractivity contribution in [2.45, 2.75) is 26.2 Å². The number of rotatable bonds is 1. The van der Waals surface area contributed by atoms with Gasteiger partial charge in [-0.15, -0.1) is 0 Å². The van der Waals surface area contributed by atoms with Crippen LogP contribution in [-0.4, -0.2) is 16.5 Å². The van der Waals surface area contributed by atoms with Crippen LogP contribution < -0.4 is 0 Å². The van der Waals surface area contributed by atoms with Gasteiger partial charge in [-0.3, -0.25) is 0 Å². The van der Waals surface area contributed by atoms with E-state index in [1.54, 1.807) is 0 Å². The summed E-state index contributed by atoms with van der Waals surface area (Å²) < 4.78 is 0.759. The zero-order valence-corrected chi connectivity index (χ0v) is 11.1. The first-order valence-electron chi connectivity index (χ1n) is 4.56. The Balaban J connectivity index is 3.36. The normalized spacial score (nSPS) is 12.3. The second-order valence-corrected chi connectivity index (χ2v) is 5.55. The van der Waals surface area contributed by atoms with E-state index in [-0.39, 0.29) is 11.2 Å². The maximum absolute atomic E-state index is 9.71. The predicted octanol–water partition coefficient (Wildman–Crippen LogP) is 3.10. The van der Waals surface area contributed by atoms with Crippen LogP contribution in [0.5, 0.6) is 5.75 Å². The molecule has 0 aromatic heterocycles. The van der Waals surface area contributed by atoms with E-state index in [2.05, 4.69) is 48.5 Å². The Labute approximate surface area is 103 Å². The highest BCUT2D eigenvalue weighted by Crippen LogP contribution is 2.30. The third-order valence-corrected chi connectivity index (χ3v) is 2.98. The second kappa shape index (κ2) is 4.38. The Hall–Kier alpha value is -0.780. The summed E-state index contributed by atoms with van der Waals surface area (Å²) in [5.74, 6) is 0.154. The molecule has 0 saturated carbocycles. The minimum absolute atomic E-state index is 0.00562. The van der Waals surface area contributed by atoms with Crippen molar-refractivity contribution >= 4 is 28.8 Å². The van der Waals surface area contributed by atoms with Gasteiger partial charge in [-0.05, 0) is 45.7 Å². The maximum Gasteiger partial charge on any atom is 0.137 e. The van der Waals surface area contributed by atoms with E-state index in [0.717, 1.165) is 9.13 Å². The monoisotopic (exact) mass is 319 g/mol. The van der Waals surface area contributed by atoms with Gasteiger partial charge in [0.25, 0.3) is 0 Å². The van der Waals surface area contributed by atoms with Crippen molar-refractivity contribution in [1.29, 1.82) is 0 Å². The number of nitrogens with zero attached hydrogens (tertiary/aromatic N) is 1. The number of benzene rings is 1. The Morgan fingerprint density at radius 3 is 2.40 bits per heavy atom. The van der Waals surface area contributed by atoms with Crippen molar-refractivity contribution in [1.82, 2.24) is 0 Å². The molecule has 4 heteroatoms. The van der Waals surface area contributed by atoms with Crippen LogP contribution in [0.3, 0.4) is 0 Å². The van der Waals surface area contributed by atoms with Crippen LogP contribution in [0.4, 0.5) is 0 Å². The average molecular weight is 319 g/mol. The molecule has 0 heterocycles. The molecule has 1 aromatic rings. The molecule has 1 rings (SSSR count). The number of aromatic hydroxyl groups is 1. The summed E-state index contributed by atoms with van der Waals surface area (Å²) in [5.41, 5.74) is 1.64. The highest BCUT2D eigenvalue weighted by atomic mass is 127. The van der Waals surface area contributed by atoms with E-state index in [4.69, 9.17) is 5.21 Å². The number of hydrogen-bond acceptors (Lipinski definition) is 3. The summed E-state index contributed by atoms with van der Waals surface area (Å²) in [5, 5.41) is 21.1. The molecule has 0 radical (unpaired) electrons. The zero-order chi connectivity index (χ0) is 11.6. The zero-order valence-electron chi connectivity index (χ0n) is 8.95. The SMILES string of the molecule is CC(C)(C)c1cc(I)c(O)c(C=NO)c1. The van der Waals surface area contributed by atoms with Gasteiger partial charge in [-0.2, -0.15) is 0 Å². The number of phenols is 1. The fourth-order valence-electron chi connectivity index (χ4n) is 1.21. The summed E-state index contributed by atoms with van der Waals surface area (Å²) in [7, 11) is 0. The Morgan fingerprint density at radius 2 is 1.93 bits per heavy atom. The number of oxime groups is 1. The van der Waals surface area contributed by atoms with Crippen LogP contribution in [0.15, 0.2) is 17.3 Å². The van der Waals surface area contributed by atoms with Crippen molar-refractivity contribution in [3.63, 3.8) is 0 Å². The van der Waals surface area contributed by atoms with Crippen molar-refractivity contribution in [3.05, 3.63) is 26.8 Å². The molecule has 0 atom stereocenters. The van der Waals surface area contributed by atoms with Gasteiger partial charge in [0.1, 0.15) is 5.75 Å². The summed E-state index contributed by atoms with van der Waals surface area (Å²) in [4.78, 5) is 0. The highest BCUT2D eigenvalue weighted by Gasteiger charge is 2.17. The van der Waals surface area contributed by atoms with E-state index in [0.29, 0.717) is 5.56 Å². The van der Waals surface area contributed by atoms with E-state index >= 15 is 0 Å². The molecular formula is C11H14INO2. The molecule has 15 heavy (non-hydrogen) atoms. The van der Waals surface area contributed by atoms with Crippen LogP contribution in [0.1, 0.15) is 31.9 Å². The molecule has 0 aliphatic carbocycles. The third-order valence-electron chi connectivity index (χ3n) is 2.16. The summed E-state index contributed by atoms with van der Waals surface area (Å²) in [6, 6.07) is 3.77. The van der Waals surface area contributed by atoms with Crippen molar-refractivity contribution in [2.24, 2.45) is 5.16 Å². The van der Waals surface area contributed by atoms with Gasteiger partial charge in [0, 0.05) is 5.56 Å². The molecule has 3 nitrogen and oxygen atoms in total. The molecule has 0 unspecified atom stereocenters. The van der Waals surface area contributed by atoms with E-state index < -0.39 is 0 Å². The number of phenolic OH excluding ortho intramolecular Hbond substituents is 1. The average Bonchev–Trinajstić information content (AvgIpc) is 2.11. The Bertz CT molecular complexity index is 394. The van der Waals surface area contributed by atoms with Gasteiger partial charge >= 0.3 is 0 Å². The molecule has 0 bridgehead atoms. The van der Waals surface area contributed by atoms with Crippen molar-refractivity contribution in [2.75, 3.05) is 0 Å². The van der Waals surface area contributed by atoms with Crippen molar-refractivity contribution < 1.29 is 10.3 Å². The lowest BCUT2D eigenvalue weighted by Gasteiger charge is -2.20. The lowest BCUT2D eigenvalue weighted by Crippen LogP contribution is -2.12. The van der Waals surface area contributed by atoms with Crippen LogP contribution in [0.2, 0.25) is 0 Å². The smallest absolute Gasteiger partial charge is 0.137 e. The largest absolute Gasteiger partial charge is 0.506 e. The molecular weight excluding hydrogens is 305 g/mol. The van der Waals surface area contributed by atoms with E-state index in [1.165, 1.54) is 6.21 Å². The van der Waals surface area contributed by atoms with Gasteiger partial charge in [-0.1, -0.05) is 25.9 Å². The molecule has 0 amide bonds. The van der Waals surface area contributed by atoms with Crippen LogP contribution >= 0.6 is 22.6 Å². The molecule has 82 valence electrons. The third kappa shape index (κ3) is 2.84. The predicted molar refractivity (Wildman–Crippen MR) is 68.9 cm³/mol. The lowest BCUT2D eigenvalue weighted by molar-refractivity contribution is 0.321. The second-order valence-electron chi connectivity index (χ2n) is 4.39. The molecule has 2 N–H and O–H groups in total. The first-order valence-corrected chi connectivity index (χ1v) is 5.64. The summed E-state index contributed by atoms with van der Waals surface area (Å²) >= 11 is 2.06. The standard InChI is InChI=1S/C11H14INO2/c1-11(2,3)8-4-7(6-13-15)10(14)9(12)5-8/h4-6,14-15H,1-3H3. The molecule has 0 fully saturated rings. The first kappa shape index (κ1) is 12.3. The van der Waals surface area contributed by atoms with E-state index in [9.17, 15) is 5.11 Å². The molecule has 0 aliphatic rings. The van der Waals surface area contributed by atoms with Crippen LogP contribution in [0, 0.1) is 3.57 Å². The Kier molecular flexibility index (Phi) is 3.59. The van der Waals surface area contributed by atoms with Gasteiger partial charge < -0.3 is 10.3 Å². The van der Waals surface area contributed by atoms with Gasteiger partial charge in [0.05, 0.1) is 9.78 Å². The lowest BCUT2D eigenvalue weighted by atomic mass is 9.86. The van der Waals surface area contributed by atoms with Crippen LogP contribution in [0.25, 0.3) is 0 Å². The minimum atomic E-state index is 0.00562. The van der Waals surface area contributed by atoms with Crippen molar-refractivity contribution in [3.8, 4) is 5.75 Å². The van der Waals surface area contributed by atoms with Gasteiger partial charge in [0.15, 0.2) is 0 Å². The van der Waals surface area contributed by atoms with Gasteiger partial charge in [0.2, 0.25) is 0 Å². The minimum Gasteiger partial charge on any atom is -0.506 e. The molecule has 1 aromatic carbocycles. The topological polar surface area (TPSA) is 52.8 Å². The maximum atomic E-state index is 9.71. The number of halogens is 1. The Morgan fingerprint density at radius 1 is 1.33 bits per heavy atom. The summed E-state index contributed by atoms with van der Waals surface area (Å²) in [6.07, 6.45) is 1.24. The molecule has 0 spiro atoms. The highest BCUT2D eigenvalue weighted by molar-refractivity contribution is 14.1.